The van der Waals surface area contributed by atoms with E-state index in [-0.39, 0.29) is 11.8 Å². The number of halogens is 3. The van der Waals surface area contributed by atoms with Crippen LogP contribution in [0.1, 0.15) is 45.2 Å². The highest BCUT2D eigenvalue weighted by molar-refractivity contribution is 6.08. The number of aliphatic carboxylic acids is 2. The van der Waals surface area contributed by atoms with Gasteiger partial charge in [-0.3, -0.25) is 24.1 Å². The molecule has 0 radical (unpaired) electrons. The number of rotatable bonds is 7. The lowest BCUT2D eigenvalue weighted by Crippen LogP contribution is -2.35. The number of primary amides is 1. The highest BCUT2D eigenvalue weighted by Crippen LogP contribution is 2.29. The Kier molecular flexibility index (Phi) is 12.6. The van der Waals surface area contributed by atoms with Gasteiger partial charge in [-0.2, -0.15) is 13.2 Å². The van der Waals surface area contributed by atoms with Crippen LogP contribution in [0.25, 0.3) is 0 Å². The molecule has 234 valence electrons. The van der Waals surface area contributed by atoms with Gasteiger partial charge < -0.3 is 26.6 Å². The third kappa shape index (κ3) is 9.94. The molecule has 0 fully saturated rings. The lowest BCUT2D eigenvalue weighted by atomic mass is 10.1. The smallest absolute Gasteiger partial charge is 0.480 e. The molecular weight excluding hydrogens is 585 g/mol. The van der Waals surface area contributed by atoms with E-state index in [1.807, 2.05) is 25.1 Å². The third-order valence-electron chi connectivity index (χ3n) is 6.13. The fourth-order valence-corrected chi connectivity index (χ4v) is 3.99. The number of fused-ring (bicyclic) bond motifs is 1. The predicted octanol–water partition coefficient (Wildman–Crippen LogP) is 3.59. The topological polar surface area (TPSA) is 184 Å². The van der Waals surface area contributed by atoms with Crippen molar-refractivity contribution in [3.05, 3.63) is 95.1 Å². The molecular formula is C30H31F3N4O7. The van der Waals surface area contributed by atoms with Crippen molar-refractivity contribution in [2.75, 3.05) is 22.9 Å². The van der Waals surface area contributed by atoms with E-state index in [0.717, 1.165) is 23.2 Å². The Balaban J connectivity index is 0.000000259. The van der Waals surface area contributed by atoms with E-state index in [2.05, 4.69) is 0 Å². The number of benzene rings is 3. The van der Waals surface area contributed by atoms with Crippen molar-refractivity contribution < 1.29 is 47.4 Å². The lowest BCUT2D eigenvalue weighted by molar-refractivity contribution is -0.192. The molecule has 0 atom stereocenters. The van der Waals surface area contributed by atoms with E-state index in [4.69, 9.17) is 26.5 Å². The quantitative estimate of drug-likeness (QED) is 0.310. The van der Waals surface area contributed by atoms with Gasteiger partial charge in [0.2, 0.25) is 11.8 Å². The van der Waals surface area contributed by atoms with Crippen LogP contribution in [0.5, 0.6) is 0 Å². The van der Waals surface area contributed by atoms with E-state index in [9.17, 15) is 32.3 Å². The first kappa shape index (κ1) is 35.0. The Bertz CT molecular complexity index is 1500. The van der Waals surface area contributed by atoms with Crippen LogP contribution < -0.4 is 21.3 Å². The van der Waals surface area contributed by atoms with Gasteiger partial charge in [-0.15, -0.1) is 0 Å². The van der Waals surface area contributed by atoms with Gasteiger partial charge in [-0.25, -0.2) is 4.79 Å². The minimum atomic E-state index is -5.08. The molecule has 0 aromatic heterocycles. The molecule has 14 heteroatoms. The van der Waals surface area contributed by atoms with Gasteiger partial charge in [-0.1, -0.05) is 43.3 Å². The number of carboxylic acids is 2. The summed E-state index contributed by atoms with van der Waals surface area (Å²) >= 11 is 0. The largest absolute Gasteiger partial charge is 0.490 e. The summed E-state index contributed by atoms with van der Waals surface area (Å²) in [6, 6.07) is 20.9. The number of carbonyl (C=O) groups excluding carboxylic acids is 3. The first-order valence-electron chi connectivity index (χ1n) is 13.1. The maximum absolute atomic E-state index is 12.6. The lowest BCUT2D eigenvalue weighted by Gasteiger charge is -2.21. The number of para-hydroxylation sites is 1. The normalized spacial score (nSPS) is 11.6. The van der Waals surface area contributed by atoms with E-state index >= 15 is 0 Å². The molecule has 0 aliphatic carbocycles. The molecule has 0 spiro atoms. The van der Waals surface area contributed by atoms with Crippen molar-refractivity contribution >= 4 is 41.0 Å². The van der Waals surface area contributed by atoms with Crippen LogP contribution in [0.4, 0.5) is 24.5 Å². The van der Waals surface area contributed by atoms with Crippen molar-refractivity contribution in [2.45, 2.75) is 32.5 Å². The molecule has 0 saturated heterocycles. The fraction of sp³-hybridized carbons (Fsp3) is 0.233. The van der Waals surface area contributed by atoms with Crippen molar-refractivity contribution in [3.63, 3.8) is 0 Å². The van der Waals surface area contributed by atoms with Crippen molar-refractivity contribution in [2.24, 2.45) is 11.5 Å². The molecule has 3 aromatic rings. The number of nitrogens with zero attached hydrogens (tertiary/aromatic N) is 2. The van der Waals surface area contributed by atoms with Crippen LogP contribution in [0.2, 0.25) is 0 Å². The van der Waals surface area contributed by atoms with Crippen molar-refractivity contribution in [1.82, 2.24) is 0 Å². The number of amides is 3. The second-order valence-electron chi connectivity index (χ2n) is 9.18. The minimum Gasteiger partial charge on any atom is -0.480 e. The first-order chi connectivity index (χ1) is 20.7. The zero-order valence-electron chi connectivity index (χ0n) is 23.6. The van der Waals surface area contributed by atoms with E-state index < -0.39 is 30.6 Å². The van der Waals surface area contributed by atoms with E-state index in [0.29, 0.717) is 36.3 Å². The van der Waals surface area contributed by atoms with Gasteiger partial charge in [0, 0.05) is 42.0 Å². The minimum absolute atomic E-state index is 0.0837. The SMILES string of the molecule is CCC(=O)N1CCc2ccc(C(N)=O)cc21.NCc1cccc(C(=O)N(CC(=O)O)c2ccccc2)c1.O=C(O)C(F)(F)F. The maximum Gasteiger partial charge on any atom is 0.490 e. The summed E-state index contributed by atoms with van der Waals surface area (Å²) in [4.78, 5) is 58.2. The molecule has 3 amide bonds. The highest BCUT2D eigenvalue weighted by Gasteiger charge is 2.38. The van der Waals surface area contributed by atoms with Crippen LogP contribution in [-0.2, 0) is 27.3 Å². The van der Waals surface area contributed by atoms with Crippen LogP contribution in [0.3, 0.4) is 0 Å². The van der Waals surface area contributed by atoms with Crippen LogP contribution in [-0.4, -0.2) is 59.1 Å². The zero-order chi connectivity index (χ0) is 33.0. The molecule has 0 bridgehead atoms. The Hall–Kier alpha value is -5.24. The Morgan fingerprint density at radius 1 is 0.909 bits per heavy atom. The fourth-order valence-electron chi connectivity index (χ4n) is 3.99. The molecule has 0 unspecified atom stereocenters. The summed E-state index contributed by atoms with van der Waals surface area (Å²) in [7, 11) is 0. The number of hydrogen-bond donors (Lipinski definition) is 4. The zero-order valence-corrected chi connectivity index (χ0v) is 23.6. The second-order valence-corrected chi connectivity index (χ2v) is 9.18. The number of carboxylic acid groups (broad SMARTS) is 2. The molecule has 44 heavy (non-hydrogen) atoms. The molecule has 11 nitrogen and oxygen atoms in total. The average molecular weight is 617 g/mol. The monoisotopic (exact) mass is 616 g/mol. The number of nitrogens with two attached hydrogens (primary N) is 2. The van der Waals surface area contributed by atoms with Crippen LogP contribution in [0, 0.1) is 0 Å². The number of carbonyl (C=O) groups is 5. The van der Waals surface area contributed by atoms with Gasteiger partial charge in [0.25, 0.3) is 5.91 Å². The Morgan fingerprint density at radius 3 is 2.07 bits per heavy atom. The predicted molar refractivity (Wildman–Crippen MR) is 155 cm³/mol. The molecule has 0 saturated carbocycles. The van der Waals surface area contributed by atoms with E-state index in [1.54, 1.807) is 59.5 Å². The van der Waals surface area contributed by atoms with Gasteiger partial charge in [0.05, 0.1) is 0 Å². The van der Waals surface area contributed by atoms with Crippen LogP contribution in [0.15, 0.2) is 72.8 Å². The molecule has 1 aliphatic rings. The summed E-state index contributed by atoms with van der Waals surface area (Å²) in [5.41, 5.74) is 15.0. The third-order valence-corrected chi connectivity index (χ3v) is 6.13. The first-order valence-corrected chi connectivity index (χ1v) is 13.1. The van der Waals surface area contributed by atoms with Crippen molar-refractivity contribution in [3.8, 4) is 0 Å². The summed E-state index contributed by atoms with van der Waals surface area (Å²) in [6.45, 7) is 2.46. The van der Waals surface area contributed by atoms with Gasteiger partial charge in [0.15, 0.2) is 0 Å². The number of anilines is 2. The van der Waals surface area contributed by atoms with Crippen LogP contribution >= 0.6 is 0 Å². The Morgan fingerprint density at radius 2 is 1.55 bits per heavy atom. The van der Waals surface area contributed by atoms with Gasteiger partial charge >= 0.3 is 18.1 Å². The Labute approximate surface area is 250 Å². The number of hydrogen-bond acceptors (Lipinski definition) is 6. The molecule has 3 aromatic carbocycles. The standard InChI is InChI=1S/C16H16N2O3.C12H14N2O2.C2HF3O2/c17-10-12-5-4-6-13(9-12)16(21)18(11-15(19)20)14-7-2-1-3-8-14;1-2-11(15)14-6-5-8-3-4-9(12(13)16)7-10(8)14;3-2(4,5)1(6)7/h1-9H,10-11,17H2,(H,19,20);3-4,7H,2,5-6H2,1H3,(H2,13,16);(H,6,7). The molecule has 1 heterocycles. The highest BCUT2D eigenvalue weighted by atomic mass is 19.4. The maximum atomic E-state index is 12.6. The summed E-state index contributed by atoms with van der Waals surface area (Å²) in [5.74, 6) is -4.56. The molecule has 1 aliphatic heterocycles. The summed E-state index contributed by atoms with van der Waals surface area (Å²) in [6.07, 6.45) is -3.76. The summed E-state index contributed by atoms with van der Waals surface area (Å²) < 4.78 is 31.7. The molecule has 4 rings (SSSR count). The van der Waals surface area contributed by atoms with Gasteiger partial charge in [0.1, 0.15) is 6.54 Å². The van der Waals surface area contributed by atoms with Crippen molar-refractivity contribution in [1.29, 1.82) is 0 Å². The van der Waals surface area contributed by atoms with E-state index in [1.165, 1.54) is 4.90 Å². The van der Waals surface area contributed by atoms with Gasteiger partial charge in [-0.05, 0) is 53.9 Å². The molecule has 6 N–H and O–H groups in total. The second kappa shape index (κ2) is 15.8. The average Bonchev–Trinajstić information content (AvgIpc) is 3.43. The number of alkyl halides is 3. The summed E-state index contributed by atoms with van der Waals surface area (Å²) in [5, 5.41) is 16.2.